The molecule has 0 atom stereocenters. The molecule has 0 aliphatic heterocycles. The Morgan fingerprint density at radius 2 is 1.77 bits per heavy atom. The van der Waals surface area contributed by atoms with Gasteiger partial charge in [-0.25, -0.2) is 0 Å². The van der Waals surface area contributed by atoms with Crippen LogP contribution in [0.15, 0.2) is 24.3 Å². The summed E-state index contributed by atoms with van der Waals surface area (Å²) in [7, 11) is 1.55. The number of amides is 2. The molecule has 6 heteroatoms. The Morgan fingerprint density at radius 3 is 2.36 bits per heavy atom. The maximum atomic E-state index is 11.6. The number of carbonyl (C=O) groups excluding carboxylic acids is 2. The molecule has 0 fully saturated rings. The number of nitrogens with one attached hydrogen (secondary N) is 2. The van der Waals surface area contributed by atoms with Gasteiger partial charge >= 0.3 is 0 Å². The van der Waals surface area contributed by atoms with Gasteiger partial charge in [0.1, 0.15) is 5.75 Å². The summed E-state index contributed by atoms with van der Waals surface area (Å²) in [5, 5.41) is 5.10. The lowest BCUT2D eigenvalue weighted by Gasteiger charge is -2.09. The maximum absolute atomic E-state index is 11.6. The first kappa shape index (κ1) is 18.0. The smallest absolute Gasteiger partial charge is 0.258 e. The molecule has 0 heterocycles. The molecular formula is C16H24N2O4. The highest BCUT2D eigenvalue weighted by Gasteiger charge is 2.06. The van der Waals surface area contributed by atoms with Crippen LogP contribution < -0.4 is 15.4 Å². The first-order valence-electron chi connectivity index (χ1n) is 7.28. The summed E-state index contributed by atoms with van der Waals surface area (Å²) in [5.74, 6) is 0.486. The van der Waals surface area contributed by atoms with Crippen LogP contribution >= 0.6 is 0 Å². The van der Waals surface area contributed by atoms with Gasteiger partial charge in [-0.1, -0.05) is 26.0 Å². The average Bonchev–Trinajstić information content (AvgIpc) is 2.51. The zero-order valence-electron chi connectivity index (χ0n) is 13.3. The monoisotopic (exact) mass is 308 g/mol. The van der Waals surface area contributed by atoms with Crippen molar-refractivity contribution in [2.24, 2.45) is 0 Å². The topological polar surface area (TPSA) is 76.7 Å². The lowest BCUT2D eigenvalue weighted by molar-refractivity contribution is -0.127. The zero-order chi connectivity index (χ0) is 16.4. The van der Waals surface area contributed by atoms with E-state index in [1.807, 2.05) is 24.3 Å². The summed E-state index contributed by atoms with van der Waals surface area (Å²) in [6.07, 6.45) is 0. The van der Waals surface area contributed by atoms with Crippen molar-refractivity contribution in [3.63, 3.8) is 0 Å². The van der Waals surface area contributed by atoms with Gasteiger partial charge in [-0.05, 0) is 23.6 Å². The van der Waals surface area contributed by atoms with Crippen LogP contribution in [0.3, 0.4) is 0 Å². The molecule has 6 nitrogen and oxygen atoms in total. The quantitative estimate of drug-likeness (QED) is 0.669. The maximum Gasteiger partial charge on any atom is 0.258 e. The highest BCUT2D eigenvalue weighted by Crippen LogP contribution is 2.18. The van der Waals surface area contributed by atoms with Gasteiger partial charge in [0.2, 0.25) is 5.91 Å². The third-order valence-corrected chi connectivity index (χ3v) is 2.99. The van der Waals surface area contributed by atoms with Gasteiger partial charge in [0.05, 0.1) is 13.2 Å². The Kier molecular flexibility index (Phi) is 7.99. The molecule has 0 saturated carbocycles. The fourth-order valence-corrected chi connectivity index (χ4v) is 1.68. The summed E-state index contributed by atoms with van der Waals surface area (Å²) in [5.41, 5.74) is 1.21. The second-order valence-corrected chi connectivity index (χ2v) is 5.13. The van der Waals surface area contributed by atoms with Crippen molar-refractivity contribution < 1.29 is 19.1 Å². The van der Waals surface area contributed by atoms with E-state index in [-0.39, 0.29) is 25.0 Å². The molecule has 2 N–H and O–H groups in total. The minimum atomic E-state index is -0.338. The summed E-state index contributed by atoms with van der Waals surface area (Å²) in [6.45, 7) is 4.89. The summed E-state index contributed by atoms with van der Waals surface area (Å²) < 4.78 is 10.2. The number of hydrogen-bond acceptors (Lipinski definition) is 4. The molecule has 0 unspecified atom stereocenters. The first-order chi connectivity index (χ1) is 10.5. The van der Waals surface area contributed by atoms with Crippen LogP contribution in [0, 0.1) is 0 Å². The van der Waals surface area contributed by atoms with E-state index >= 15 is 0 Å². The van der Waals surface area contributed by atoms with Gasteiger partial charge in [-0.15, -0.1) is 0 Å². The standard InChI is InChI=1S/C16H24N2O4/c1-12(2)13-4-6-14(7-5-13)22-11-16(20)18-10-15(19)17-8-9-21-3/h4-7,12H,8-11H2,1-3H3,(H,17,19)(H,18,20). The second-order valence-electron chi connectivity index (χ2n) is 5.13. The summed E-state index contributed by atoms with van der Waals surface area (Å²) in [6, 6.07) is 7.61. The van der Waals surface area contributed by atoms with Crippen molar-refractivity contribution in [1.82, 2.24) is 10.6 Å². The predicted molar refractivity (Wildman–Crippen MR) is 83.9 cm³/mol. The van der Waals surface area contributed by atoms with Crippen LogP contribution in [-0.4, -0.2) is 45.2 Å². The van der Waals surface area contributed by atoms with Crippen molar-refractivity contribution in [2.45, 2.75) is 19.8 Å². The SMILES string of the molecule is COCCNC(=O)CNC(=O)COc1ccc(C(C)C)cc1. The normalized spacial score (nSPS) is 10.4. The van der Waals surface area contributed by atoms with Crippen molar-refractivity contribution in [3.05, 3.63) is 29.8 Å². The van der Waals surface area contributed by atoms with E-state index in [4.69, 9.17) is 9.47 Å². The molecule has 0 aliphatic rings. The van der Waals surface area contributed by atoms with Crippen LogP contribution in [0.5, 0.6) is 5.75 Å². The molecule has 22 heavy (non-hydrogen) atoms. The molecule has 1 rings (SSSR count). The van der Waals surface area contributed by atoms with Gasteiger partial charge < -0.3 is 20.1 Å². The Morgan fingerprint density at radius 1 is 1.09 bits per heavy atom. The van der Waals surface area contributed by atoms with E-state index in [0.717, 1.165) is 0 Å². The van der Waals surface area contributed by atoms with Crippen LogP contribution in [0.4, 0.5) is 0 Å². The van der Waals surface area contributed by atoms with Crippen molar-refractivity contribution in [1.29, 1.82) is 0 Å². The molecule has 2 amide bonds. The Hall–Kier alpha value is -2.08. The van der Waals surface area contributed by atoms with Crippen LogP contribution in [-0.2, 0) is 14.3 Å². The fraction of sp³-hybridized carbons (Fsp3) is 0.500. The van der Waals surface area contributed by atoms with Gasteiger partial charge in [0.25, 0.3) is 5.91 Å². The summed E-state index contributed by atoms with van der Waals surface area (Å²) in [4.78, 5) is 23.0. The summed E-state index contributed by atoms with van der Waals surface area (Å²) >= 11 is 0. The number of benzene rings is 1. The number of hydrogen-bond donors (Lipinski definition) is 2. The third-order valence-electron chi connectivity index (χ3n) is 2.99. The molecule has 0 saturated heterocycles. The van der Waals surface area contributed by atoms with E-state index in [1.165, 1.54) is 5.56 Å². The van der Waals surface area contributed by atoms with E-state index in [0.29, 0.717) is 24.8 Å². The molecule has 0 radical (unpaired) electrons. The molecular weight excluding hydrogens is 284 g/mol. The third kappa shape index (κ3) is 7.08. The molecule has 122 valence electrons. The van der Waals surface area contributed by atoms with E-state index in [9.17, 15) is 9.59 Å². The van der Waals surface area contributed by atoms with Crippen molar-refractivity contribution in [2.75, 3.05) is 33.4 Å². The number of rotatable bonds is 9. The minimum absolute atomic E-state index is 0.0712. The van der Waals surface area contributed by atoms with Crippen LogP contribution in [0.25, 0.3) is 0 Å². The molecule has 0 spiro atoms. The number of carbonyl (C=O) groups is 2. The lowest BCUT2D eigenvalue weighted by atomic mass is 10.0. The number of ether oxygens (including phenoxy) is 2. The minimum Gasteiger partial charge on any atom is -0.484 e. The Labute approximate surface area is 131 Å². The predicted octanol–water partition coefficient (Wildman–Crippen LogP) is 1.07. The van der Waals surface area contributed by atoms with Crippen LogP contribution in [0.1, 0.15) is 25.3 Å². The van der Waals surface area contributed by atoms with Gasteiger partial charge in [-0.3, -0.25) is 9.59 Å². The van der Waals surface area contributed by atoms with Crippen LogP contribution in [0.2, 0.25) is 0 Å². The zero-order valence-corrected chi connectivity index (χ0v) is 13.3. The largest absolute Gasteiger partial charge is 0.484 e. The van der Waals surface area contributed by atoms with Gasteiger partial charge in [-0.2, -0.15) is 0 Å². The molecule has 0 aliphatic carbocycles. The highest BCUT2D eigenvalue weighted by molar-refractivity contribution is 5.85. The van der Waals surface area contributed by atoms with E-state index in [1.54, 1.807) is 7.11 Å². The van der Waals surface area contributed by atoms with E-state index < -0.39 is 0 Å². The van der Waals surface area contributed by atoms with Crippen molar-refractivity contribution in [3.8, 4) is 5.75 Å². The molecule has 1 aromatic carbocycles. The molecule has 0 aromatic heterocycles. The highest BCUT2D eigenvalue weighted by atomic mass is 16.5. The van der Waals surface area contributed by atoms with Gasteiger partial charge in [0.15, 0.2) is 6.61 Å². The van der Waals surface area contributed by atoms with Crippen molar-refractivity contribution >= 4 is 11.8 Å². The first-order valence-corrected chi connectivity index (χ1v) is 7.28. The fourth-order valence-electron chi connectivity index (χ4n) is 1.68. The number of methoxy groups -OCH3 is 1. The van der Waals surface area contributed by atoms with Gasteiger partial charge in [0, 0.05) is 13.7 Å². The van der Waals surface area contributed by atoms with E-state index in [2.05, 4.69) is 24.5 Å². The Balaban J connectivity index is 2.24. The average molecular weight is 308 g/mol. The second kappa shape index (κ2) is 9.78. The molecule has 1 aromatic rings. The Bertz CT molecular complexity index is 472. The lowest BCUT2D eigenvalue weighted by Crippen LogP contribution is -2.39. The molecule has 0 bridgehead atoms.